The number of halogens is 1. The van der Waals surface area contributed by atoms with Gasteiger partial charge in [0.1, 0.15) is 17.2 Å². The summed E-state index contributed by atoms with van der Waals surface area (Å²) in [4.78, 5) is 21.8. The van der Waals surface area contributed by atoms with Crippen molar-refractivity contribution in [3.8, 4) is 11.5 Å². The summed E-state index contributed by atoms with van der Waals surface area (Å²) in [6, 6.07) is 6.68. The van der Waals surface area contributed by atoms with Gasteiger partial charge in [-0.15, -0.1) is 0 Å². The number of carbonyl (C=O) groups is 1. The normalized spacial score (nSPS) is 23.9. The molecule has 1 spiro atoms. The van der Waals surface area contributed by atoms with E-state index in [1.54, 1.807) is 32.2 Å². The third-order valence-electron chi connectivity index (χ3n) is 7.41. The van der Waals surface area contributed by atoms with Crippen LogP contribution in [0, 0.1) is 6.92 Å². The Morgan fingerprint density at radius 2 is 2.23 bits per heavy atom. The van der Waals surface area contributed by atoms with Crippen LogP contribution in [-0.4, -0.2) is 54.4 Å². The number of rotatable bonds is 4. The zero-order valence-electron chi connectivity index (χ0n) is 21.6. The monoisotopic (exact) mass is 549 g/mol. The van der Waals surface area contributed by atoms with E-state index in [0.717, 1.165) is 21.7 Å². The second-order valence-electron chi connectivity index (χ2n) is 9.67. The van der Waals surface area contributed by atoms with Crippen molar-refractivity contribution >= 4 is 28.9 Å². The van der Waals surface area contributed by atoms with E-state index in [4.69, 9.17) is 20.1 Å². The summed E-state index contributed by atoms with van der Waals surface area (Å²) in [6.45, 7) is 3.41. The van der Waals surface area contributed by atoms with Crippen molar-refractivity contribution in [2.45, 2.75) is 30.6 Å². The van der Waals surface area contributed by atoms with Gasteiger partial charge >= 0.3 is 0 Å². The maximum atomic E-state index is 15.8. The molecular formula is C28H28FN5O4S. The number of nitrogens with one attached hydrogen (secondary N) is 1. The lowest BCUT2D eigenvalue weighted by molar-refractivity contribution is 0.102. The smallest absolute Gasteiger partial charge is 0.274 e. The summed E-state index contributed by atoms with van der Waals surface area (Å²) < 4.78 is 32.0. The van der Waals surface area contributed by atoms with Crippen LogP contribution >= 0.6 is 11.8 Å². The molecule has 0 aliphatic carbocycles. The maximum absolute atomic E-state index is 15.8. The molecule has 5 heterocycles. The van der Waals surface area contributed by atoms with Crippen molar-refractivity contribution in [1.29, 1.82) is 0 Å². The zero-order chi connectivity index (χ0) is 27.1. The lowest BCUT2D eigenvalue weighted by Gasteiger charge is -2.45. The summed E-state index contributed by atoms with van der Waals surface area (Å²) in [5.41, 5.74) is 5.95. The molecule has 2 aromatic rings. The highest BCUT2D eigenvalue weighted by atomic mass is 32.2. The number of hydrogen-bond donors (Lipinski definition) is 2. The fourth-order valence-corrected chi connectivity index (χ4v) is 6.53. The molecule has 1 unspecified atom stereocenters. The number of carbonyl (C=O) groups excluding carboxylic acids is 1. The molecule has 1 aromatic heterocycles. The number of thioether (sulfide) groups is 1. The molecule has 0 bridgehead atoms. The van der Waals surface area contributed by atoms with E-state index in [2.05, 4.69) is 15.3 Å². The molecule has 2 atom stereocenters. The number of nitrogens with zero attached hydrogens (tertiary/aromatic N) is 3. The van der Waals surface area contributed by atoms with Crippen LogP contribution < -0.4 is 20.6 Å². The molecule has 39 heavy (non-hydrogen) atoms. The van der Waals surface area contributed by atoms with Crippen molar-refractivity contribution < 1.29 is 23.4 Å². The standard InChI is InChI=1S/C28H28FN5O4S/c1-16-11-19(36-2)14-32-24(16)27(35)33-18-3-4-23-20(12-18)28(7-8-31-15-39-28)21-13-22(17-5-9-37-10-6-17)34(30)26(29)25(21)38-23/h3-5,11-15,22H,6-10,30H2,1-2H3,(H,33,35)/t22?,28-/m0/s1. The number of allylic oxidation sites excluding steroid dienone is 1. The van der Waals surface area contributed by atoms with Crippen molar-refractivity contribution in [1.82, 2.24) is 9.99 Å². The maximum Gasteiger partial charge on any atom is 0.274 e. The Kier molecular flexibility index (Phi) is 6.66. The molecule has 11 heteroatoms. The Morgan fingerprint density at radius 1 is 1.36 bits per heavy atom. The molecular weight excluding hydrogens is 521 g/mol. The first-order valence-electron chi connectivity index (χ1n) is 12.6. The van der Waals surface area contributed by atoms with E-state index in [1.165, 1.54) is 18.0 Å². The van der Waals surface area contributed by atoms with Crippen LogP contribution in [0.3, 0.4) is 0 Å². The number of amides is 1. The number of ether oxygens (including phenoxy) is 3. The molecule has 9 nitrogen and oxygen atoms in total. The van der Waals surface area contributed by atoms with Crippen molar-refractivity contribution in [2.24, 2.45) is 10.8 Å². The average Bonchev–Trinajstić information content (AvgIpc) is 2.96. The van der Waals surface area contributed by atoms with Gasteiger partial charge in [-0.2, -0.15) is 4.39 Å². The van der Waals surface area contributed by atoms with E-state index in [9.17, 15) is 4.79 Å². The predicted molar refractivity (Wildman–Crippen MR) is 147 cm³/mol. The van der Waals surface area contributed by atoms with Gasteiger partial charge in [0.15, 0.2) is 5.76 Å². The van der Waals surface area contributed by atoms with Crippen LogP contribution in [0.15, 0.2) is 70.5 Å². The summed E-state index contributed by atoms with van der Waals surface area (Å²) in [5.74, 6) is 6.51. The van der Waals surface area contributed by atoms with Gasteiger partial charge in [0.05, 0.1) is 42.9 Å². The number of hydrogen-bond acceptors (Lipinski definition) is 9. The third-order valence-corrected chi connectivity index (χ3v) is 8.71. The van der Waals surface area contributed by atoms with E-state index in [-0.39, 0.29) is 11.7 Å². The third kappa shape index (κ3) is 4.40. The summed E-state index contributed by atoms with van der Waals surface area (Å²) in [7, 11) is 1.55. The van der Waals surface area contributed by atoms with Crippen molar-refractivity contribution in [2.75, 3.05) is 32.2 Å². The van der Waals surface area contributed by atoms with Gasteiger partial charge in [-0.3, -0.25) is 14.8 Å². The highest BCUT2D eigenvalue weighted by Crippen LogP contribution is 2.58. The summed E-state index contributed by atoms with van der Waals surface area (Å²) >= 11 is 1.51. The largest absolute Gasteiger partial charge is 0.495 e. The van der Waals surface area contributed by atoms with E-state index in [0.29, 0.717) is 61.0 Å². The van der Waals surface area contributed by atoms with E-state index >= 15 is 4.39 Å². The van der Waals surface area contributed by atoms with Gasteiger partial charge in [0.2, 0.25) is 5.95 Å². The Morgan fingerprint density at radius 3 is 2.95 bits per heavy atom. The molecule has 0 fully saturated rings. The van der Waals surface area contributed by atoms with Gasteiger partial charge in [0.25, 0.3) is 5.91 Å². The fraction of sp³-hybridized carbons (Fsp3) is 0.321. The van der Waals surface area contributed by atoms with Crippen LogP contribution in [0.5, 0.6) is 11.5 Å². The van der Waals surface area contributed by atoms with Gasteiger partial charge in [-0.05, 0) is 61.2 Å². The minimum Gasteiger partial charge on any atom is -0.495 e. The first-order valence-corrected chi connectivity index (χ1v) is 13.5. The molecule has 1 amide bonds. The van der Waals surface area contributed by atoms with Crippen LogP contribution in [-0.2, 0) is 9.48 Å². The first kappa shape index (κ1) is 25.6. The Labute approximate surface area is 229 Å². The minimum absolute atomic E-state index is 0.117. The molecule has 0 saturated carbocycles. The number of benzene rings is 1. The zero-order valence-corrected chi connectivity index (χ0v) is 22.4. The van der Waals surface area contributed by atoms with E-state index in [1.807, 2.05) is 23.8 Å². The molecule has 1 aromatic carbocycles. The van der Waals surface area contributed by atoms with Gasteiger partial charge in [-0.1, -0.05) is 17.8 Å². The molecule has 3 N–H and O–H groups in total. The SMILES string of the molecule is COc1cnc(C(=O)Nc2ccc3c(c2)[C@@]2(CCN=CS2)C2=CC(C4=CCOCC4)N(N)C(F)=C2O3)c(C)c1. The summed E-state index contributed by atoms with van der Waals surface area (Å²) in [5, 5.41) is 4.09. The van der Waals surface area contributed by atoms with Gasteiger partial charge in [0, 0.05) is 23.4 Å². The number of methoxy groups -OCH3 is 1. The second kappa shape index (κ2) is 10.1. The number of nitrogens with two attached hydrogens (primary N) is 1. The van der Waals surface area contributed by atoms with Crippen LogP contribution in [0.4, 0.5) is 10.1 Å². The van der Waals surface area contributed by atoms with Gasteiger partial charge in [-0.25, -0.2) is 10.8 Å². The Bertz CT molecular complexity index is 1470. The van der Waals surface area contributed by atoms with Gasteiger partial charge < -0.3 is 19.5 Å². The Balaban J connectivity index is 1.41. The number of anilines is 1. The van der Waals surface area contributed by atoms with Crippen LogP contribution in [0.25, 0.3) is 0 Å². The molecule has 202 valence electrons. The predicted octanol–water partition coefficient (Wildman–Crippen LogP) is 4.37. The second-order valence-corrected chi connectivity index (χ2v) is 10.8. The molecule has 4 aliphatic heterocycles. The highest BCUT2D eigenvalue weighted by molar-refractivity contribution is 8.13. The topological polar surface area (TPSA) is 111 Å². The lowest BCUT2D eigenvalue weighted by atomic mass is 9.80. The average molecular weight is 550 g/mol. The lowest BCUT2D eigenvalue weighted by Crippen LogP contribution is -2.47. The number of hydrazine groups is 1. The molecule has 6 rings (SSSR count). The minimum atomic E-state index is -0.664. The van der Waals surface area contributed by atoms with Crippen molar-refractivity contribution in [3.05, 3.63) is 82.3 Å². The number of aliphatic imine (C=N–C) groups is 1. The number of pyridine rings is 1. The first-order chi connectivity index (χ1) is 18.9. The number of fused-ring (bicyclic) bond motifs is 4. The molecule has 0 saturated heterocycles. The Hall–Kier alpha value is -3.67. The van der Waals surface area contributed by atoms with Crippen molar-refractivity contribution in [3.63, 3.8) is 0 Å². The van der Waals surface area contributed by atoms with E-state index < -0.39 is 16.7 Å². The fourth-order valence-electron chi connectivity index (χ4n) is 5.39. The van der Waals surface area contributed by atoms with Crippen LogP contribution in [0.2, 0.25) is 0 Å². The molecule has 0 radical (unpaired) electrons. The highest BCUT2D eigenvalue weighted by Gasteiger charge is 2.49. The van der Waals surface area contributed by atoms with Crippen LogP contribution in [0.1, 0.15) is 34.5 Å². The number of aryl methyl sites for hydroxylation is 1. The molecule has 4 aliphatic rings. The summed E-state index contributed by atoms with van der Waals surface area (Å²) in [6.07, 6.45) is 6.77. The quantitative estimate of drug-likeness (QED) is 0.329. The number of aromatic nitrogens is 1.